The molecule has 0 aromatic heterocycles. The topological polar surface area (TPSA) is 52.6 Å². The molecule has 0 saturated heterocycles. The second kappa shape index (κ2) is 8.99. The number of hydrogen-bond acceptors (Lipinski definition) is 4. The number of carbonyl (C=O) groups excluding carboxylic acids is 2. The minimum Gasteiger partial charge on any atom is -0.463 e. The number of hydrogen-bond donors (Lipinski definition) is 0. The first kappa shape index (κ1) is 19.4. The maximum absolute atomic E-state index is 11.8. The van der Waals surface area contributed by atoms with Crippen molar-refractivity contribution in [1.82, 2.24) is 0 Å². The number of esters is 2. The zero-order valence-electron chi connectivity index (χ0n) is 15.4. The van der Waals surface area contributed by atoms with Crippen LogP contribution in [0.4, 0.5) is 0 Å². The third-order valence-electron chi connectivity index (χ3n) is 4.09. The van der Waals surface area contributed by atoms with Crippen LogP contribution in [-0.4, -0.2) is 18.5 Å². The van der Waals surface area contributed by atoms with Crippen LogP contribution in [0.1, 0.15) is 38.3 Å². The highest BCUT2D eigenvalue weighted by molar-refractivity contribution is 5.92. The largest absolute Gasteiger partial charge is 0.463 e. The van der Waals surface area contributed by atoms with Crippen LogP contribution in [-0.2, 0) is 19.7 Å². The van der Waals surface area contributed by atoms with E-state index in [1.807, 2.05) is 37.3 Å². The van der Waals surface area contributed by atoms with E-state index >= 15 is 0 Å². The lowest BCUT2D eigenvalue weighted by Gasteiger charge is -2.26. The summed E-state index contributed by atoms with van der Waals surface area (Å²) < 4.78 is 10.1. The molecule has 0 radical (unpaired) electrons. The van der Waals surface area contributed by atoms with Crippen LogP contribution >= 0.6 is 0 Å². The first-order valence-electron chi connectivity index (χ1n) is 8.66. The summed E-state index contributed by atoms with van der Waals surface area (Å²) in [7, 11) is 0. The maximum Gasteiger partial charge on any atom is 0.336 e. The number of carbonyl (C=O) groups is 2. The van der Waals surface area contributed by atoms with E-state index in [1.54, 1.807) is 12.1 Å². The average molecular weight is 352 g/mol. The normalized spacial score (nSPS) is 11.3. The van der Waals surface area contributed by atoms with Crippen LogP contribution in [0, 0.1) is 0 Å². The predicted octanol–water partition coefficient (Wildman–Crippen LogP) is 4.43. The summed E-state index contributed by atoms with van der Waals surface area (Å²) in [5.74, 6) is -0.744. The second-order valence-corrected chi connectivity index (χ2v) is 6.44. The van der Waals surface area contributed by atoms with Gasteiger partial charge >= 0.3 is 11.9 Å². The summed E-state index contributed by atoms with van der Waals surface area (Å²) in [5.41, 5.74) is 2.16. The third-order valence-corrected chi connectivity index (χ3v) is 4.09. The predicted molar refractivity (Wildman–Crippen MR) is 101 cm³/mol. The summed E-state index contributed by atoms with van der Waals surface area (Å²) in [6.07, 6.45) is 2.88. The Bertz CT molecular complexity index is 758. The lowest BCUT2D eigenvalue weighted by Crippen LogP contribution is -2.18. The maximum atomic E-state index is 11.8. The van der Waals surface area contributed by atoms with Gasteiger partial charge in [-0.1, -0.05) is 63.2 Å². The molecule has 0 fully saturated rings. The van der Waals surface area contributed by atoms with Gasteiger partial charge in [0.1, 0.15) is 5.75 Å². The summed E-state index contributed by atoms with van der Waals surface area (Å²) in [6, 6.07) is 17.6. The lowest BCUT2D eigenvalue weighted by molar-refractivity contribution is -0.138. The van der Waals surface area contributed by atoms with Gasteiger partial charge in [0.15, 0.2) is 0 Å². The molecule has 0 aliphatic carbocycles. The van der Waals surface area contributed by atoms with Crippen LogP contribution < -0.4 is 4.74 Å². The number of rotatable bonds is 7. The fourth-order valence-corrected chi connectivity index (χ4v) is 2.50. The van der Waals surface area contributed by atoms with Crippen molar-refractivity contribution in [2.75, 3.05) is 6.61 Å². The first-order chi connectivity index (χ1) is 12.4. The highest BCUT2D eigenvalue weighted by atomic mass is 16.5. The Morgan fingerprint density at radius 3 is 2.08 bits per heavy atom. The Kier molecular flexibility index (Phi) is 6.73. The lowest BCUT2D eigenvalue weighted by atomic mass is 9.78. The van der Waals surface area contributed by atoms with E-state index in [-0.39, 0.29) is 5.41 Å². The molecule has 0 saturated carbocycles. The van der Waals surface area contributed by atoms with Gasteiger partial charge in [-0.05, 0) is 29.7 Å². The molecule has 0 amide bonds. The Hall–Kier alpha value is -2.88. The standard InChI is InChI=1S/C22H24O4/c1-4-16-25-20(23)14-15-21(24)26-19-12-10-18(11-13-19)22(2,3)17-8-6-5-7-9-17/h5-15H,4,16H2,1-3H3/b15-14+. The summed E-state index contributed by atoms with van der Waals surface area (Å²) in [6.45, 7) is 6.52. The van der Waals surface area contributed by atoms with Crippen LogP contribution in [0.15, 0.2) is 66.7 Å². The van der Waals surface area contributed by atoms with Crippen molar-refractivity contribution in [3.05, 3.63) is 77.9 Å². The molecule has 0 aliphatic rings. The molecule has 0 bridgehead atoms. The molecule has 4 nitrogen and oxygen atoms in total. The van der Waals surface area contributed by atoms with E-state index in [2.05, 4.69) is 26.0 Å². The monoisotopic (exact) mass is 352 g/mol. The van der Waals surface area contributed by atoms with Crippen LogP contribution in [0.5, 0.6) is 5.75 Å². The molecule has 0 N–H and O–H groups in total. The Morgan fingerprint density at radius 2 is 1.46 bits per heavy atom. The van der Waals surface area contributed by atoms with Crippen molar-refractivity contribution in [3.63, 3.8) is 0 Å². The summed E-state index contributed by atoms with van der Waals surface area (Å²) in [5, 5.41) is 0. The molecule has 0 atom stereocenters. The molecule has 2 aromatic rings. The van der Waals surface area contributed by atoms with Crippen molar-refractivity contribution in [1.29, 1.82) is 0 Å². The molecule has 2 aromatic carbocycles. The van der Waals surface area contributed by atoms with Gasteiger partial charge in [-0.2, -0.15) is 0 Å². The van der Waals surface area contributed by atoms with Crippen LogP contribution in [0.2, 0.25) is 0 Å². The molecule has 0 heterocycles. The van der Waals surface area contributed by atoms with Crippen molar-refractivity contribution in [2.45, 2.75) is 32.6 Å². The van der Waals surface area contributed by atoms with Crippen molar-refractivity contribution >= 4 is 11.9 Å². The highest BCUT2D eigenvalue weighted by Gasteiger charge is 2.22. The zero-order chi connectivity index (χ0) is 19.0. The number of benzene rings is 2. The van der Waals surface area contributed by atoms with E-state index in [1.165, 1.54) is 5.56 Å². The quantitative estimate of drug-likeness (QED) is 0.420. The fourth-order valence-electron chi connectivity index (χ4n) is 2.50. The minimum absolute atomic E-state index is 0.160. The Labute approximate surface area is 154 Å². The molecule has 0 unspecified atom stereocenters. The van der Waals surface area contributed by atoms with E-state index < -0.39 is 11.9 Å². The second-order valence-electron chi connectivity index (χ2n) is 6.44. The SMILES string of the molecule is CCCOC(=O)/C=C/C(=O)Oc1ccc(C(C)(C)c2ccccc2)cc1. The minimum atomic E-state index is -0.617. The van der Waals surface area contributed by atoms with E-state index in [4.69, 9.17) is 9.47 Å². The van der Waals surface area contributed by atoms with Gasteiger partial charge in [0.25, 0.3) is 0 Å². The van der Waals surface area contributed by atoms with E-state index in [0.29, 0.717) is 12.4 Å². The van der Waals surface area contributed by atoms with Crippen LogP contribution in [0.3, 0.4) is 0 Å². The summed E-state index contributed by atoms with van der Waals surface area (Å²) >= 11 is 0. The fraction of sp³-hybridized carbons (Fsp3) is 0.273. The van der Waals surface area contributed by atoms with Crippen molar-refractivity contribution in [3.8, 4) is 5.75 Å². The van der Waals surface area contributed by atoms with Gasteiger partial charge < -0.3 is 9.47 Å². The molecular formula is C22H24O4. The van der Waals surface area contributed by atoms with Gasteiger partial charge in [0.05, 0.1) is 6.61 Å². The summed E-state index contributed by atoms with van der Waals surface area (Å²) in [4.78, 5) is 23.1. The van der Waals surface area contributed by atoms with Gasteiger partial charge in [0, 0.05) is 17.6 Å². The Balaban J connectivity index is 2.00. The van der Waals surface area contributed by atoms with E-state index in [0.717, 1.165) is 24.1 Å². The van der Waals surface area contributed by atoms with Gasteiger partial charge in [-0.25, -0.2) is 9.59 Å². The molecule has 2 rings (SSSR count). The zero-order valence-corrected chi connectivity index (χ0v) is 15.4. The average Bonchev–Trinajstić information content (AvgIpc) is 2.66. The van der Waals surface area contributed by atoms with Crippen LogP contribution in [0.25, 0.3) is 0 Å². The molecular weight excluding hydrogens is 328 g/mol. The number of ether oxygens (including phenoxy) is 2. The van der Waals surface area contributed by atoms with Gasteiger partial charge in [-0.3, -0.25) is 0 Å². The van der Waals surface area contributed by atoms with Gasteiger partial charge in [-0.15, -0.1) is 0 Å². The van der Waals surface area contributed by atoms with Gasteiger partial charge in [0.2, 0.25) is 0 Å². The van der Waals surface area contributed by atoms with E-state index in [9.17, 15) is 9.59 Å². The Morgan fingerprint density at radius 1 is 0.885 bits per heavy atom. The van der Waals surface area contributed by atoms with Crippen molar-refractivity contribution in [2.24, 2.45) is 0 Å². The molecule has 136 valence electrons. The van der Waals surface area contributed by atoms with Crippen molar-refractivity contribution < 1.29 is 19.1 Å². The molecule has 0 aliphatic heterocycles. The first-order valence-corrected chi connectivity index (χ1v) is 8.66. The molecule has 0 spiro atoms. The highest BCUT2D eigenvalue weighted by Crippen LogP contribution is 2.32. The third kappa shape index (κ3) is 5.31. The molecule has 4 heteroatoms. The molecule has 26 heavy (non-hydrogen) atoms. The smallest absolute Gasteiger partial charge is 0.336 e.